The zero-order valence-corrected chi connectivity index (χ0v) is 32.8. The van der Waals surface area contributed by atoms with Crippen molar-refractivity contribution in [3.05, 3.63) is 36.0 Å². The molecule has 0 aliphatic heterocycles. The number of carboxylic acid groups (broad SMARTS) is 2. The van der Waals surface area contributed by atoms with E-state index in [1.807, 2.05) is 0 Å². The quantitative estimate of drug-likeness (QED) is 0.0238. The molecule has 0 aliphatic rings. The molecule has 6 atom stereocenters. The van der Waals surface area contributed by atoms with Crippen molar-refractivity contribution >= 4 is 70.2 Å². The SMILES string of the molecule is C[C@@H](O)[C@H](NC(=O)[C@H](CCCN=C(N)N)NC(=O)CNC(=O)CNC(=O)[C@H](CCCN=C(N)N)NC(=O)[C@H](Cc1c[nH]c2ccccc12)NC(=O)[C@@H](N)CC(=O)O)C(=O)O. The summed E-state index contributed by atoms with van der Waals surface area (Å²) in [6.45, 7) is -0.116. The normalized spacial score (nSPS) is 13.8. The Hall–Kier alpha value is -7.02. The van der Waals surface area contributed by atoms with E-state index in [1.54, 1.807) is 30.5 Å². The molecule has 0 unspecified atom stereocenters. The molecular weight excluding hydrogens is 792 g/mol. The molecule has 6 amide bonds. The Morgan fingerprint density at radius 1 is 0.717 bits per heavy atom. The third kappa shape index (κ3) is 17.6. The lowest BCUT2D eigenvalue weighted by Crippen LogP contribution is -2.57. The Balaban J connectivity index is 2.16. The number of hydrogen-bond donors (Lipinski definition) is 15. The molecule has 1 aromatic heterocycles. The predicted octanol–water partition coefficient (Wildman–Crippen LogP) is -5.74. The van der Waals surface area contributed by atoms with Gasteiger partial charge in [0.15, 0.2) is 18.0 Å². The van der Waals surface area contributed by atoms with E-state index in [0.29, 0.717) is 5.56 Å². The van der Waals surface area contributed by atoms with Crippen molar-refractivity contribution in [1.82, 2.24) is 36.9 Å². The number of carbonyl (C=O) groups excluding carboxylic acids is 6. The molecular formula is C35H54N14O11. The van der Waals surface area contributed by atoms with Crippen molar-refractivity contribution in [3.63, 3.8) is 0 Å². The molecule has 20 N–H and O–H groups in total. The Labute approximate surface area is 343 Å². The lowest BCUT2D eigenvalue weighted by molar-refractivity contribution is -0.145. The van der Waals surface area contributed by atoms with Gasteiger partial charge in [-0.25, -0.2) is 4.79 Å². The number of H-pyrrole nitrogens is 1. The van der Waals surface area contributed by atoms with Crippen molar-refractivity contribution in [2.45, 2.75) is 81.8 Å². The number of aliphatic carboxylic acids is 2. The maximum absolute atomic E-state index is 13.8. The van der Waals surface area contributed by atoms with Crippen LogP contribution in [-0.4, -0.2) is 142 Å². The highest BCUT2D eigenvalue weighted by Gasteiger charge is 2.31. The average Bonchev–Trinajstić information content (AvgIpc) is 3.58. The monoisotopic (exact) mass is 846 g/mol. The van der Waals surface area contributed by atoms with Crippen LogP contribution in [0.1, 0.15) is 44.6 Å². The highest BCUT2D eigenvalue weighted by molar-refractivity contribution is 5.96. The number of aliphatic hydroxyl groups is 1. The minimum atomic E-state index is -1.69. The lowest BCUT2D eigenvalue weighted by Gasteiger charge is -2.24. The number of aliphatic hydroxyl groups excluding tert-OH is 1. The van der Waals surface area contributed by atoms with E-state index in [-0.39, 0.29) is 57.1 Å². The van der Waals surface area contributed by atoms with E-state index >= 15 is 0 Å². The number of nitrogens with zero attached hydrogens (tertiary/aromatic N) is 2. The number of hydrogen-bond acceptors (Lipinski definition) is 12. The van der Waals surface area contributed by atoms with Crippen LogP contribution in [0.4, 0.5) is 0 Å². The van der Waals surface area contributed by atoms with Gasteiger partial charge in [-0.15, -0.1) is 0 Å². The van der Waals surface area contributed by atoms with Gasteiger partial charge in [0, 0.05) is 36.6 Å². The number of nitrogens with one attached hydrogen (secondary N) is 7. The first kappa shape index (κ1) is 49.1. The van der Waals surface area contributed by atoms with Crippen LogP contribution in [0.3, 0.4) is 0 Å². The maximum atomic E-state index is 13.8. The van der Waals surface area contributed by atoms with Crippen LogP contribution in [0.25, 0.3) is 10.9 Å². The van der Waals surface area contributed by atoms with Crippen molar-refractivity contribution < 1.29 is 53.7 Å². The van der Waals surface area contributed by atoms with E-state index in [4.69, 9.17) is 33.8 Å². The molecule has 2 rings (SSSR count). The molecule has 0 radical (unpaired) electrons. The van der Waals surface area contributed by atoms with Crippen molar-refractivity contribution in [2.75, 3.05) is 26.2 Å². The first-order chi connectivity index (χ1) is 28.3. The number of rotatable bonds is 26. The van der Waals surface area contributed by atoms with Gasteiger partial charge in [-0.2, -0.15) is 0 Å². The van der Waals surface area contributed by atoms with Gasteiger partial charge >= 0.3 is 11.9 Å². The summed E-state index contributed by atoms with van der Waals surface area (Å²) in [5.74, 6) is -8.63. The fourth-order valence-electron chi connectivity index (χ4n) is 5.53. The van der Waals surface area contributed by atoms with Crippen LogP contribution in [0.15, 0.2) is 40.4 Å². The van der Waals surface area contributed by atoms with Gasteiger partial charge < -0.3 is 80.9 Å². The lowest BCUT2D eigenvalue weighted by atomic mass is 10.0. The second kappa shape index (κ2) is 24.7. The molecule has 0 bridgehead atoms. The van der Waals surface area contributed by atoms with Gasteiger partial charge in [-0.05, 0) is 44.2 Å². The molecule has 25 heteroatoms. The Bertz CT molecular complexity index is 1890. The van der Waals surface area contributed by atoms with Gasteiger partial charge in [0.05, 0.1) is 31.7 Å². The van der Waals surface area contributed by atoms with Crippen LogP contribution in [-0.2, 0) is 44.8 Å². The zero-order valence-electron chi connectivity index (χ0n) is 32.8. The van der Waals surface area contributed by atoms with Crippen molar-refractivity contribution in [2.24, 2.45) is 38.7 Å². The number of aromatic amines is 1. The molecule has 0 spiro atoms. The summed E-state index contributed by atoms with van der Waals surface area (Å²) >= 11 is 0. The van der Waals surface area contributed by atoms with Gasteiger partial charge in [0.2, 0.25) is 35.4 Å². The van der Waals surface area contributed by atoms with E-state index in [0.717, 1.165) is 17.8 Å². The fourth-order valence-corrected chi connectivity index (χ4v) is 5.53. The minimum absolute atomic E-state index is 0.0560. The molecule has 0 aliphatic carbocycles. The average molecular weight is 847 g/mol. The van der Waals surface area contributed by atoms with Gasteiger partial charge in [-0.1, -0.05) is 18.2 Å². The van der Waals surface area contributed by atoms with Crippen LogP contribution < -0.4 is 60.6 Å². The van der Waals surface area contributed by atoms with E-state index < -0.39 is 103 Å². The topological polar surface area (TPSA) is 440 Å². The summed E-state index contributed by atoms with van der Waals surface area (Å²) in [5.41, 5.74) is 28.5. The molecule has 0 saturated carbocycles. The highest BCUT2D eigenvalue weighted by atomic mass is 16.4. The molecule has 330 valence electrons. The first-order valence-corrected chi connectivity index (χ1v) is 18.6. The number of guanidine groups is 2. The second-order valence-electron chi connectivity index (χ2n) is 13.5. The van der Waals surface area contributed by atoms with E-state index in [1.165, 1.54) is 0 Å². The third-order valence-corrected chi connectivity index (χ3v) is 8.55. The maximum Gasteiger partial charge on any atom is 0.328 e. The molecule has 60 heavy (non-hydrogen) atoms. The number of carboxylic acids is 2. The number of nitrogens with two attached hydrogens (primary N) is 5. The standard InChI is InChI=1S/C35H54N14O11/c1-17(50)28(33(59)60)49-31(57)23(9-5-11-42-35(39)40)46-26(52)16-44-25(51)15-45-30(56)22(8-4-10-41-34(37)38)47-32(58)24(48-29(55)20(36)13-27(53)54)12-18-14-43-21-7-3-2-6-19(18)21/h2-3,6-7,14,17,20,22-24,28,43,50H,4-5,8-13,15-16,36H2,1H3,(H,44,51)(H,45,56)(H,46,52)(H,47,58)(H,48,55)(H,49,57)(H,53,54)(H,59,60)(H4,37,38,41)(H4,39,40,42)/t17-,20+,22+,23+,24+,28+/m1/s1. The van der Waals surface area contributed by atoms with Gasteiger partial charge in [0.1, 0.15) is 18.1 Å². The van der Waals surface area contributed by atoms with Crippen LogP contribution in [0.5, 0.6) is 0 Å². The molecule has 1 heterocycles. The first-order valence-electron chi connectivity index (χ1n) is 18.6. The fraction of sp³-hybridized carbons (Fsp3) is 0.486. The van der Waals surface area contributed by atoms with E-state index in [9.17, 15) is 48.6 Å². The summed E-state index contributed by atoms with van der Waals surface area (Å²) < 4.78 is 0. The zero-order chi connectivity index (χ0) is 44.9. The Kier molecular flexibility index (Phi) is 20.2. The molecule has 0 saturated heterocycles. The summed E-state index contributed by atoms with van der Waals surface area (Å²) in [6.07, 6.45) is -0.475. The Morgan fingerprint density at radius 2 is 1.27 bits per heavy atom. The van der Waals surface area contributed by atoms with Gasteiger partial charge in [0.25, 0.3) is 0 Å². The minimum Gasteiger partial charge on any atom is -0.481 e. The van der Waals surface area contributed by atoms with Crippen molar-refractivity contribution in [1.29, 1.82) is 0 Å². The summed E-state index contributed by atoms with van der Waals surface area (Å²) in [5, 5.41) is 43.1. The summed E-state index contributed by atoms with van der Waals surface area (Å²) in [6, 6.07) is -0.0693. The van der Waals surface area contributed by atoms with Crippen LogP contribution in [0.2, 0.25) is 0 Å². The number of carbonyl (C=O) groups is 8. The largest absolute Gasteiger partial charge is 0.481 e. The molecule has 0 fully saturated rings. The molecule has 25 nitrogen and oxygen atoms in total. The van der Waals surface area contributed by atoms with Crippen LogP contribution >= 0.6 is 0 Å². The second-order valence-corrected chi connectivity index (χ2v) is 13.5. The highest BCUT2D eigenvalue weighted by Crippen LogP contribution is 2.19. The summed E-state index contributed by atoms with van der Waals surface area (Å²) in [7, 11) is 0. The van der Waals surface area contributed by atoms with E-state index in [2.05, 4.69) is 46.9 Å². The number of aromatic nitrogens is 1. The smallest absolute Gasteiger partial charge is 0.328 e. The number of aliphatic imine (C=N–C) groups is 2. The Morgan fingerprint density at radius 3 is 1.83 bits per heavy atom. The number of para-hydroxylation sites is 1. The molecule has 2 aromatic rings. The predicted molar refractivity (Wildman–Crippen MR) is 215 cm³/mol. The number of amides is 6. The van der Waals surface area contributed by atoms with Crippen LogP contribution in [0, 0.1) is 0 Å². The molecule has 1 aromatic carbocycles. The number of benzene rings is 1. The van der Waals surface area contributed by atoms with Gasteiger partial charge in [-0.3, -0.25) is 43.5 Å². The summed E-state index contributed by atoms with van der Waals surface area (Å²) in [4.78, 5) is 112. The third-order valence-electron chi connectivity index (χ3n) is 8.55. The van der Waals surface area contributed by atoms with Crippen molar-refractivity contribution in [3.8, 4) is 0 Å². The number of fused-ring (bicyclic) bond motifs is 1.